The number of hydrogen-bond donors (Lipinski definition) is 1. The van der Waals surface area contributed by atoms with Crippen LogP contribution >= 0.6 is 0 Å². The minimum atomic E-state index is -0.299. The van der Waals surface area contributed by atoms with Gasteiger partial charge < -0.3 is 0 Å². The number of fused-ring (bicyclic) bond motifs is 1. The highest BCUT2D eigenvalue weighted by Crippen LogP contribution is 2.16. The Morgan fingerprint density at radius 1 is 1.20 bits per heavy atom. The summed E-state index contributed by atoms with van der Waals surface area (Å²) < 4.78 is 1.71. The van der Waals surface area contributed by atoms with Gasteiger partial charge in [-0.2, -0.15) is 0 Å². The minimum absolute atomic E-state index is 0.209. The van der Waals surface area contributed by atoms with E-state index in [0.29, 0.717) is 13.0 Å². The molecule has 5 heteroatoms. The zero-order chi connectivity index (χ0) is 13.9. The van der Waals surface area contributed by atoms with Crippen molar-refractivity contribution in [3.8, 4) is 0 Å². The molecule has 2 heterocycles. The van der Waals surface area contributed by atoms with Crippen molar-refractivity contribution in [2.45, 2.75) is 38.6 Å². The first-order chi connectivity index (χ1) is 9.75. The molecule has 3 rings (SSSR count). The molecular weight excluding hydrogens is 254 g/mol. The van der Waals surface area contributed by atoms with Gasteiger partial charge in [-0.15, -0.1) is 0 Å². The summed E-state index contributed by atoms with van der Waals surface area (Å²) in [6.07, 6.45) is 6.10. The summed E-state index contributed by atoms with van der Waals surface area (Å²) >= 11 is 0. The number of nitrogens with one attached hydrogen (secondary N) is 1. The van der Waals surface area contributed by atoms with Crippen molar-refractivity contribution in [1.82, 2.24) is 14.5 Å². The average molecular weight is 271 g/mol. The summed E-state index contributed by atoms with van der Waals surface area (Å²) in [4.78, 5) is 30.6. The fourth-order valence-electron chi connectivity index (χ4n) is 2.80. The third-order valence-electron chi connectivity index (χ3n) is 3.82. The molecule has 1 aliphatic carbocycles. The molecule has 0 spiro atoms. The van der Waals surface area contributed by atoms with E-state index in [1.807, 2.05) is 18.2 Å². The monoisotopic (exact) mass is 271 g/mol. The molecule has 2 aromatic rings. The second kappa shape index (κ2) is 5.45. The number of rotatable bonds is 3. The van der Waals surface area contributed by atoms with Gasteiger partial charge in [-0.1, -0.05) is 6.07 Å². The number of aromatic nitrogens is 3. The molecule has 0 atom stereocenters. The highest BCUT2D eigenvalue weighted by atomic mass is 16.2. The molecule has 0 radical (unpaired) electrons. The Morgan fingerprint density at radius 2 is 2.05 bits per heavy atom. The number of aryl methyl sites for hydroxylation is 1. The van der Waals surface area contributed by atoms with Crippen molar-refractivity contribution in [2.24, 2.45) is 0 Å². The molecule has 0 saturated heterocycles. The molecule has 0 aromatic carbocycles. The molecule has 0 amide bonds. The number of aromatic amines is 1. The van der Waals surface area contributed by atoms with Crippen LogP contribution < -0.4 is 11.2 Å². The second-order valence-corrected chi connectivity index (χ2v) is 5.11. The van der Waals surface area contributed by atoms with Gasteiger partial charge in [0, 0.05) is 36.1 Å². The molecule has 0 bridgehead atoms. The Hall–Kier alpha value is -2.17. The highest BCUT2D eigenvalue weighted by Gasteiger charge is 2.17. The molecule has 1 N–H and O–H groups in total. The Morgan fingerprint density at radius 3 is 2.85 bits per heavy atom. The van der Waals surface area contributed by atoms with E-state index in [2.05, 4.69) is 9.97 Å². The van der Waals surface area contributed by atoms with Gasteiger partial charge in [0.15, 0.2) is 0 Å². The maximum absolute atomic E-state index is 12.0. The van der Waals surface area contributed by atoms with Crippen molar-refractivity contribution in [1.29, 1.82) is 0 Å². The predicted molar refractivity (Wildman–Crippen MR) is 75.9 cm³/mol. The number of hydrogen-bond acceptors (Lipinski definition) is 3. The zero-order valence-electron chi connectivity index (χ0n) is 11.3. The van der Waals surface area contributed by atoms with Crippen LogP contribution in [0.15, 0.2) is 34.0 Å². The Bertz CT molecular complexity index is 716. The fourth-order valence-corrected chi connectivity index (χ4v) is 2.80. The maximum Gasteiger partial charge on any atom is 0.328 e. The molecular formula is C15H17N3O2. The third kappa shape index (κ3) is 2.43. The molecule has 20 heavy (non-hydrogen) atoms. The lowest BCUT2D eigenvalue weighted by atomic mass is 9.97. The minimum Gasteiger partial charge on any atom is -0.297 e. The van der Waals surface area contributed by atoms with Crippen LogP contribution in [0.4, 0.5) is 0 Å². The molecule has 0 unspecified atom stereocenters. The lowest BCUT2D eigenvalue weighted by Gasteiger charge is -2.19. The van der Waals surface area contributed by atoms with Gasteiger partial charge in [0.05, 0.1) is 0 Å². The SMILES string of the molecule is O=c1[nH]c(=O)n(CCc2ccccn2)c2c1CCCC2. The van der Waals surface area contributed by atoms with Crippen LogP contribution in [-0.4, -0.2) is 14.5 Å². The summed E-state index contributed by atoms with van der Waals surface area (Å²) in [7, 11) is 0. The average Bonchev–Trinajstić information content (AvgIpc) is 2.48. The first-order valence-corrected chi connectivity index (χ1v) is 7.00. The van der Waals surface area contributed by atoms with Crippen LogP contribution in [-0.2, 0) is 25.8 Å². The first kappa shape index (κ1) is 12.8. The van der Waals surface area contributed by atoms with Gasteiger partial charge in [-0.3, -0.25) is 19.3 Å². The van der Waals surface area contributed by atoms with Crippen LogP contribution in [0.25, 0.3) is 0 Å². The van der Waals surface area contributed by atoms with Crippen LogP contribution in [0.3, 0.4) is 0 Å². The Kier molecular flexibility index (Phi) is 3.50. The van der Waals surface area contributed by atoms with E-state index in [4.69, 9.17) is 0 Å². The quantitative estimate of drug-likeness (QED) is 0.907. The largest absolute Gasteiger partial charge is 0.328 e. The van der Waals surface area contributed by atoms with Crippen molar-refractivity contribution >= 4 is 0 Å². The van der Waals surface area contributed by atoms with E-state index in [-0.39, 0.29) is 11.2 Å². The van der Waals surface area contributed by atoms with Gasteiger partial charge in [-0.25, -0.2) is 4.79 Å². The molecule has 0 saturated carbocycles. The standard InChI is InChI=1S/C15H17N3O2/c19-14-12-6-1-2-7-13(12)18(15(20)17-14)10-8-11-5-3-4-9-16-11/h3-5,9H,1-2,6-8,10H2,(H,17,19,20). The molecule has 5 nitrogen and oxygen atoms in total. The van der Waals surface area contributed by atoms with Crippen LogP contribution in [0.2, 0.25) is 0 Å². The zero-order valence-corrected chi connectivity index (χ0v) is 11.3. The molecule has 0 aliphatic heterocycles. The van der Waals surface area contributed by atoms with E-state index in [1.165, 1.54) is 0 Å². The Balaban J connectivity index is 1.93. The second-order valence-electron chi connectivity index (χ2n) is 5.11. The van der Waals surface area contributed by atoms with Gasteiger partial charge >= 0.3 is 5.69 Å². The van der Waals surface area contributed by atoms with E-state index < -0.39 is 0 Å². The molecule has 0 fully saturated rings. The van der Waals surface area contributed by atoms with Crippen LogP contribution in [0.5, 0.6) is 0 Å². The van der Waals surface area contributed by atoms with Crippen molar-refractivity contribution in [3.05, 3.63) is 62.2 Å². The molecule has 1 aliphatic rings. The number of nitrogens with zero attached hydrogens (tertiary/aromatic N) is 2. The van der Waals surface area contributed by atoms with E-state index in [0.717, 1.165) is 42.6 Å². The van der Waals surface area contributed by atoms with Crippen LogP contribution in [0, 0.1) is 0 Å². The molecule has 2 aromatic heterocycles. The first-order valence-electron chi connectivity index (χ1n) is 7.00. The lowest BCUT2D eigenvalue weighted by Crippen LogP contribution is -2.37. The summed E-state index contributed by atoms with van der Waals surface area (Å²) in [5.74, 6) is 0. The topological polar surface area (TPSA) is 67.8 Å². The Labute approximate surface area is 116 Å². The van der Waals surface area contributed by atoms with Gasteiger partial charge in [0.2, 0.25) is 0 Å². The third-order valence-corrected chi connectivity index (χ3v) is 3.82. The van der Waals surface area contributed by atoms with Gasteiger partial charge in [-0.05, 0) is 37.8 Å². The van der Waals surface area contributed by atoms with Gasteiger partial charge in [0.25, 0.3) is 5.56 Å². The normalized spacial score (nSPS) is 14.0. The summed E-state index contributed by atoms with van der Waals surface area (Å²) in [5.41, 5.74) is 2.15. The number of H-pyrrole nitrogens is 1. The van der Waals surface area contributed by atoms with E-state index in [1.54, 1.807) is 10.8 Å². The number of pyridine rings is 1. The highest BCUT2D eigenvalue weighted by molar-refractivity contribution is 5.20. The maximum atomic E-state index is 12.0. The van der Waals surface area contributed by atoms with Gasteiger partial charge in [0.1, 0.15) is 0 Å². The van der Waals surface area contributed by atoms with E-state index in [9.17, 15) is 9.59 Å². The predicted octanol–water partition coefficient (Wildman–Crippen LogP) is 1.05. The lowest BCUT2D eigenvalue weighted by molar-refractivity contribution is 0.549. The van der Waals surface area contributed by atoms with Crippen molar-refractivity contribution in [3.63, 3.8) is 0 Å². The van der Waals surface area contributed by atoms with Crippen LogP contribution in [0.1, 0.15) is 29.8 Å². The van der Waals surface area contributed by atoms with Crippen molar-refractivity contribution in [2.75, 3.05) is 0 Å². The molecule has 104 valence electrons. The summed E-state index contributed by atoms with van der Waals surface area (Å²) in [6, 6.07) is 5.76. The van der Waals surface area contributed by atoms with E-state index >= 15 is 0 Å². The fraction of sp³-hybridized carbons (Fsp3) is 0.400. The van der Waals surface area contributed by atoms with Crippen molar-refractivity contribution < 1.29 is 0 Å². The summed E-state index contributed by atoms with van der Waals surface area (Å²) in [6.45, 7) is 0.564. The smallest absolute Gasteiger partial charge is 0.297 e. The summed E-state index contributed by atoms with van der Waals surface area (Å²) in [5, 5.41) is 0.